The molecular formula is C12H19N3O. The van der Waals surface area contributed by atoms with Crippen LogP contribution < -0.4 is 16.1 Å². The molecule has 0 unspecified atom stereocenters. The van der Waals surface area contributed by atoms with Gasteiger partial charge in [-0.15, -0.1) is 0 Å². The lowest BCUT2D eigenvalue weighted by molar-refractivity contribution is 0.556. The van der Waals surface area contributed by atoms with Crippen LogP contribution >= 0.6 is 0 Å². The van der Waals surface area contributed by atoms with Crippen molar-refractivity contribution in [2.24, 2.45) is 0 Å². The van der Waals surface area contributed by atoms with Crippen molar-refractivity contribution in [2.45, 2.75) is 32.4 Å². The van der Waals surface area contributed by atoms with E-state index in [9.17, 15) is 4.79 Å². The molecule has 3 N–H and O–H groups in total. The maximum atomic E-state index is 11.4. The number of hydrogen-bond donors (Lipinski definition) is 3. The lowest BCUT2D eigenvalue weighted by atomic mass is 10.2. The zero-order valence-corrected chi connectivity index (χ0v) is 9.51. The predicted molar refractivity (Wildman–Crippen MR) is 64.3 cm³/mol. The van der Waals surface area contributed by atoms with Crippen molar-refractivity contribution in [3.8, 4) is 0 Å². The molecule has 2 heterocycles. The average molecular weight is 221 g/mol. The van der Waals surface area contributed by atoms with Crippen molar-refractivity contribution in [2.75, 3.05) is 13.1 Å². The molecule has 0 aromatic carbocycles. The molecule has 0 aliphatic carbocycles. The van der Waals surface area contributed by atoms with Crippen molar-refractivity contribution in [3.05, 3.63) is 33.7 Å². The van der Waals surface area contributed by atoms with E-state index in [1.807, 2.05) is 0 Å². The van der Waals surface area contributed by atoms with E-state index >= 15 is 0 Å². The Morgan fingerprint density at radius 2 is 1.44 bits per heavy atom. The van der Waals surface area contributed by atoms with E-state index in [2.05, 4.69) is 15.6 Å². The molecular weight excluding hydrogens is 202 g/mol. The van der Waals surface area contributed by atoms with Crippen molar-refractivity contribution in [1.82, 2.24) is 15.6 Å². The van der Waals surface area contributed by atoms with Crippen LogP contribution in [0.3, 0.4) is 0 Å². The average Bonchev–Trinajstić information content (AvgIpc) is 2.24. The Kier molecular flexibility index (Phi) is 4.13. The number of fused-ring (bicyclic) bond motifs is 2. The minimum absolute atomic E-state index is 0.0874. The molecule has 2 rings (SSSR count). The summed E-state index contributed by atoms with van der Waals surface area (Å²) >= 11 is 0. The molecule has 1 aromatic rings. The molecule has 1 aliphatic rings. The first kappa shape index (κ1) is 11.4. The van der Waals surface area contributed by atoms with Gasteiger partial charge in [0.1, 0.15) is 0 Å². The zero-order valence-electron chi connectivity index (χ0n) is 9.51. The van der Waals surface area contributed by atoms with E-state index < -0.39 is 0 Å². The monoisotopic (exact) mass is 221 g/mol. The number of rotatable bonds is 0. The summed E-state index contributed by atoms with van der Waals surface area (Å²) in [6.45, 7) is 3.55. The number of aromatic nitrogens is 1. The molecule has 1 aliphatic heterocycles. The van der Waals surface area contributed by atoms with Crippen LogP contribution in [0.5, 0.6) is 0 Å². The molecule has 0 atom stereocenters. The van der Waals surface area contributed by atoms with Gasteiger partial charge in [-0.2, -0.15) is 0 Å². The summed E-state index contributed by atoms with van der Waals surface area (Å²) in [6, 6.07) is 3.34. The molecule has 0 saturated heterocycles. The SMILES string of the molecule is O=c1cc2[nH]c(c1)CNCCCCCNC2. The Hall–Kier alpha value is -1.13. The third-order valence-electron chi connectivity index (χ3n) is 2.79. The Morgan fingerprint density at radius 1 is 0.875 bits per heavy atom. The molecule has 0 spiro atoms. The van der Waals surface area contributed by atoms with Gasteiger partial charge in [-0.05, 0) is 25.9 Å². The molecule has 0 saturated carbocycles. The Balaban J connectivity index is 2.11. The highest BCUT2D eigenvalue weighted by atomic mass is 16.1. The normalized spacial score (nSPS) is 18.5. The molecule has 16 heavy (non-hydrogen) atoms. The van der Waals surface area contributed by atoms with E-state index in [1.54, 1.807) is 12.1 Å². The second-order valence-electron chi connectivity index (χ2n) is 4.28. The number of aromatic amines is 1. The van der Waals surface area contributed by atoms with E-state index in [-0.39, 0.29) is 5.43 Å². The number of hydrogen-bond acceptors (Lipinski definition) is 3. The second kappa shape index (κ2) is 5.82. The topological polar surface area (TPSA) is 56.9 Å². The van der Waals surface area contributed by atoms with Gasteiger partial charge in [0.05, 0.1) is 0 Å². The zero-order chi connectivity index (χ0) is 11.2. The standard InChI is InChI=1S/C12H19N3O/c16-12-6-10-8-13-4-2-1-3-5-14-9-11(7-12)15-10/h6-7,13-14H,1-5,8-9H2,(H,15,16). The van der Waals surface area contributed by atoms with Gasteiger partial charge in [-0.1, -0.05) is 6.42 Å². The first-order valence-electron chi connectivity index (χ1n) is 5.98. The Labute approximate surface area is 95.5 Å². The minimum atomic E-state index is 0.0874. The van der Waals surface area contributed by atoms with Gasteiger partial charge in [-0.3, -0.25) is 4.79 Å². The third-order valence-corrected chi connectivity index (χ3v) is 2.79. The Morgan fingerprint density at radius 3 is 2.00 bits per heavy atom. The number of nitrogens with one attached hydrogen (secondary N) is 3. The minimum Gasteiger partial charge on any atom is -0.360 e. The van der Waals surface area contributed by atoms with Gasteiger partial charge >= 0.3 is 0 Å². The van der Waals surface area contributed by atoms with Crippen LogP contribution in [0.1, 0.15) is 30.7 Å². The number of H-pyrrole nitrogens is 1. The fourth-order valence-corrected chi connectivity index (χ4v) is 1.98. The molecule has 88 valence electrons. The highest BCUT2D eigenvalue weighted by molar-refractivity contribution is 5.11. The highest BCUT2D eigenvalue weighted by Gasteiger charge is 2.01. The fraction of sp³-hybridized carbons (Fsp3) is 0.583. The lowest BCUT2D eigenvalue weighted by Crippen LogP contribution is -2.22. The van der Waals surface area contributed by atoms with Crippen LogP contribution in [0, 0.1) is 0 Å². The van der Waals surface area contributed by atoms with Gasteiger partial charge in [0.25, 0.3) is 0 Å². The van der Waals surface area contributed by atoms with Crippen LogP contribution in [-0.4, -0.2) is 18.1 Å². The molecule has 0 radical (unpaired) electrons. The van der Waals surface area contributed by atoms with Crippen LogP contribution in [0.4, 0.5) is 0 Å². The second-order valence-corrected chi connectivity index (χ2v) is 4.28. The van der Waals surface area contributed by atoms with Gasteiger partial charge in [0.15, 0.2) is 5.43 Å². The van der Waals surface area contributed by atoms with Crippen LogP contribution in [0.2, 0.25) is 0 Å². The maximum Gasteiger partial charge on any atom is 0.182 e. The first-order valence-corrected chi connectivity index (χ1v) is 5.98. The summed E-state index contributed by atoms with van der Waals surface area (Å²) in [5.41, 5.74) is 2.04. The van der Waals surface area contributed by atoms with E-state index in [0.717, 1.165) is 37.6 Å². The van der Waals surface area contributed by atoms with Gasteiger partial charge in [0, 0.05) is 36.6 Å². The number of pyridine rings is 1. The predicted octanol–water partition coefficient (Wildman–Crippen LogP) is 0.738. The molecule has 2 bridgehead atoms. The van der Waals surface area contributed by atoms with Crippen LogP contribution in [0.25, 0.3) is 0 Å². The summed E-state index contributed by atoms with van der Waals surface area (Å²) in [4.78, 5) is 14.7. The van der Waals surface area contributed by atoms with Crippen molar-refractivity contribution >= 4 is 0 Å². The highest BCUT2D eigenvalue weighted by Crippen LogP contribution is 1.99. The smallest absolute Gasteiger partial charge is 0.182 e. The van der Waals surface area contributed by atoms with E-state index in [4.69, 9.17) is 0 Å². The summed E-state index contributed by atoms with van der Waals surface area (Å²) in [6.07, 6.45) is 3.65. The molecule has 4 heteroatoms. The van der Waals surface area contributed by atoms with Crippen molar-refractivity contribution < 1.29 is 0 Å². The lowest BCUT2D eigenvalue weighted by Gasteiger charge is -2.11. The summed E-state index contributed by atoms with van der Waals surface area (Å²) in [5, 5.41) is 6.70. The van der Waals surface area contributed by atoms with Crippen molar-refractivity contribution in [1.29, 1.82) is 0 Å². The summed E-state index contributed by atoms with van der Waals surface area (Å²) < 4.78 is 0. The first-order chi connectivity index (χ1) is 7.84. The summed E-state index contributed by atoms with van der Waals surface area (Å²) in [5.74, 6) is 0. The maximum absolute atomic E-state index is 11.4. The van der Waals surface area contributed by atoms with Crippen LogP contribution in [-0.2, 0) is 13.1 Å². The largest absolute Gasteiger partial charge is 0.360 e. The van der Waals surface area contributed by atoms with Crippen LogP contribution in [0.15, 0.2) is 16.9 Å². The van der Waals surface area contributed by atoms with Gasteiger partial charge in [-0.25, -0.2) is 0 Å². The molecule has 1 aromatic heterocycles. The molecule has 4 nitrogen and oxygen atoms in total. The van der Waals surface area contributed by atoms with E-state index in [1.165, 1.54) is 19.3 Å². The molecule has 0 amide bonds. The molecule has 0 fully saturated rings. The van der Waals surface area contributed by atoms with Crippen molar-refractivity contribution in [3.63, 3.8) is 0 Å². The van der Waals surface area contributed by atoms with Gasteiger partial charge in [0.2, 0.25) is 0 Å². The quantitative estimate of drug-likeness (QED) is 0.605. The van der Waals surface area contributed by atoms with E-state index in [0.29, 0.717) is 0 Å². The summed E-state index contributed by atoms with van der Waals surface area (Å²) in [7, 11) is 0. The fourth-order valence-electron chi connectivity index (χ4n) is 1.98. The Bertz CT molecular complexity index is 355. The third kappa shape index (κ3) is 3.47. The van der Waals surface area contributed by atoms with Gasteiger partial charge < -0.3 is 15.6 Å².